The first kappa shape index (κ1) is 16.8. The number of furan rings is 1. The Kier molecular flexibility index (Phi) is 6.27. The molecule has 20 heavy (non-hydrogen) atoms. The van der Waals surface area contributed by atoms with Gasteiger partial charge in [0.15, 0.2) is 0 Å². The van der Waals surface area contributed by atoms with Gasteiger partial charge in [-0.3, -0.25) is 4.90 Å². The number of carbonyl (C=O) groups is 1. The third-order valence-electron chi connectivity index (χ3n) is 3.17. The zero-order valence-corrected chi connectivity index (χ0v) is 13.5. The molecular formula is C16H27NO3. The molecule has 1 aromatic heterocycles. The molecule has 1 aromatic rings. The van der Waals surface area contributed by atoms with Crippen molar-refractivity contribution in [1.82, 2.24) is 4.90 Å². The van der Waals surface area contributed by atoms with Gasteiger partial charge in [0.25, 0.3) is 0 Å². The van der Waals surface area contributed by atoms with E-state index in [-0.39, 0.29) is 11.8 Å². The zero-order chi connectivity index (χ0) is 15.3. The fourth-order valence-electron chi connectivity index (χ4n) is 2.30. The highest BCUT2D eigenvalue weighted by Crippen LogP contribution is 2.24. The SMILES string of the molecule is COC(=O)c1ccc(C(C)N(CC(C)C)CC(C)C)o1. The molecule has 1 atom stereocenters. The Bertz CT molecular complexity index is 413. The molecule has 0 aliphatic carbocycles. The van der Waals surface area contributed by atoms with Gasteiger partial charge in [-0.25, -0.2) is 4.79 Å². The summed E-state index contributed by atoms with van der Waals surface area (Å²) >= 11 is 0. The lowest BCUT2D eigenvalue weighted by Crippen LogP contribution is -2.33. The molecule has 1 unspecified atom stereocenters. The van der Waals surface area contributed by atoms with Crippen molar-refractivity contribution in [3.63, 3.8) is 0 Å². The van der Waals surface area contributed by atoms with E-state index in [9.17, 15) is 4.79 Å². The molecule has 4 nitrogen and oxygen atoms in total. The molecule has 1 heterocycles. The van der Waals surface area contributed by atoms with Crippen molar-refractivity contribution in [2.24, 2.45) is 11.8 Å². The number of hydrogen-bond donors (Lipinski definition) is 0. The Labute approximate surface area is 122 Å². The van der Waals surface area contributed by atoms with Crippen molar-refractivity contribution in [3.8, 4) is 0 Å². The van der Waals surface area contributed by atoms with E-state index in [0.29, 0.717) is 11.8 Å². The van der Waals surface area contributed by atoms with Gasteiger partial charge in [-0.15, -0.1) is 0 Å². The van der Waals surface area contributed by atoms with Crippen molar-refractivity contribution in [2.75, 3.05) is 20.2 Å². The van der Waals surface area contributed by atoms with Gasteiger partial charge in [0.2, 0.25) is 5.76 Å². The maximum Gasteiger partial charge on any atom is 0.373 e. The summed E-state index contributed by atoms with van der Waals surface area (Å²) < 4.78 is 10.3. The highest BCUT2D eigenvalue weighted by molar-refractivity contribution is 5.86. The van der Waals surface area contributed by atoms with E-state index in [1.54, 1.807) is 6.07 Å². The maximum absolute atomic E-state index is 11.4. The first-order valence-electron chi connectivity index (χ1n) is 7.27. The second-order valence-electron chi connectivity index (χ2n) is 6.11. The summed E-state index contributed by atoms with van der Waals surface area (Å²) in [4.78, 5) is 13.8. The molecule has 4 heteroatoms. The molecule has 0 radical (unpaired) electrons. The maximum atomic E-state index is 11.4. The highest BCUT2D eigenvalue weighted by Gasteiger charge is 2.22. The minimum atomic E-state index is -0.428. The first-order valence-corrected chi connectivity index (χ1v) is 7.27. The molecule has 0 saturated heterocycles. The number of esters is 1. The van der Waals surface area contributed by atoms with Crippen LogP contribution in [-0.4, -0.2) is 31.1 Å². The molecule has 0 aliphatic heterocycles. The van der Waals surface area contributed by atoms with Gasteiger partial charge in [0, 0.05) is 13.1 Å². The molecule has 0 amide bonds. The standard InChI is InChI=1S/C16H27NO3/c1-11(2)9-17(10-12(3)4)13(5)14-7-8-15(20-14)16(18)19-6/h7-8,11-13H,9-10H2,1-6H3. The zero-order valence-electron chi connectivity index (χ0n) is 13.5. The summed E-state index contributed by atoms with van der Waals surface area (Å²) in [6, 6.07) is 3.70. The summed E-state index contributed by atoms with van der Waals surface area (Å²) in [5, 5.41) is 0. The molecule has 0 N–H and O–H groups in total. The van der Waals surface area contributed by atoms with E-state index < -0.39 is 5.97 Å². The molecule has 0 aromatic carbocycles. The number of ether oxygens (including phenoxy) is 1. The third-order valence-corrected chi connectivity index (χ3v) is 3.17. The van der Waals surface area contributed by atoms with Gasteiger partial charge >= 0.3 is 5.97 Å². The van der Waals surface area contributed by atoms with Crippen LogP contribution in [0.2, 0.25) is 0 Å². The Morgan fingerprint density at radius 3 is 2.15 bits per heavy atom. The van der Waals surface area contributed by atoms with Crippen molar-refractivity contribution in [2.45, 2.75) is 40.7 Å². The largest absolute Gasteiger partial charge is 0.463 e. The van der Waals surface area contributed by atoms with Crippen LogP contribution in [0.5, 0.6) is 0 Å². The number of hydrogen-bond acceptors (Lipinski definition) is 4. The summed E-state index contributed by atoms with van der Waals surface area (Å²) in [5.41, 5.74) is 0. The topological polar surface area (TPSA) is 42.7 Å². The number of carbonyl (C=O) groups excluding carboxylic acids is 1. The summed E-state index contributed by atoms with van der Waals surface area (Å²) in [7, 11) is 1.36. The molecule has 1 rings (SSSR count). The Hall–Kier alpha value is -1.29. The first-order chi connectivity index (χ1) is 9.35. The van der Waals surface area contributed by atoms with Crippen LogP contribution in [0.4, 0.5) is 0 Å². The van der Waals surface area contributed by atoms with Crippen LogP contribution in [0, 0.1) is 11.8 Å². The monoisotopic (exact) mass is 281 g/mol. The van der Waals surface area contributed by atoms with Gasteiger partial charge in [-0.1, -0.05) is 27.7 Å². The fourth-order valence-corrected chi connectivity index (χ4v) is 2.30. The van der Waals surface area contributed by atoms with Crippen molar-refractivity contribution in [3.05, 3.63) is 23.7 Å². The Morgan fingerprint density at radius 2 is 1.70 bits per heavy atom. The molecule has 0 bridgehead atoms. The second-order valence-corrected chi connectivity index (χ2v) is 6.11. The van der Waals surface area contributed by atoms with E-state index in [2.05, 4.69) is 44.3 Å². The normalized spacial score (nSPS) is 13.2. The van der Waals surface area contributed by atoms with Crippen LogP contribution in [-0.2, 0) is 4.74 Å². The van der Waals surface area contributed by atoms with Gasteiger partial charge in [-0.2, -0.15) is 0 Å². The van der Waals surface area contributed by atoms with Crippen molar-refractivity contribution >= 4 is 5.97 Å². The summed E-state index contributed by atoms with van der Waals surface area (Å²) in [5.74, 6) is 1.83. The van der Waals surface area contributed by atoms with Crippen LogP contribution in [0.25, 0.3) is 0 Å². The minimum Gasteiger partial charge on any atom is -0.463 e. The molecule has 114 valence electrons. The Morgan fingerprint density at radius 1 is 1.15 bits per heavy atom. The predicted octanol–water partition coefficient (Wildman–Crippen LogP) is 3.74. The van der Waals surface area contributed by atoms with E-state index in [1.807, 2.05) is 6.07 Å². The lowest BCUT2D eigenvalue weighted by Gasteiger charge is -2.30. The minimum absolute atomic E-state index is 0.151. The van der Waals surface area contributed by atoms with Crippen LogP contribution in [0.15, 0.2) is 16.5 Å². The lowest BCUT2D eigenvalue weighted by molar-refractivity contribution is 0.0557. The van der Waals surface area contributed by atoms with Crippen LogP contribution in [0.3, 0.4) is 0 Å². The smallest absolute Gasteiger partial charge is 0.373 e. The van der Waals surface area contributed by atoms with Crippen LogP contribution < -0.4 is 0 Å². The van der Waals surface area contributed by atoms with E-state index >= 15 is 0 Å². The van der Waals surface area contributed by atoms with Crippen LogP contribution >= 0.6 is 0 Å². The van der Waals surface area contributed by atoms with E-state index in [1.165, 1.54) is 7.11 Å². The quantitative estimate of drug-likeness (QED) is 0.714. The molecule has 0 saturated carbocycles. The molecule has 0 spiro atoms. The van der Waals surface area contributed by atoms with Gasteiger partial charge in [0.1, 0.15) is 5.76 Å². The number of methoxy groups -OCH3 is 1. The lowest BCUT2D eigenvalue weighted by atomic mass is 10.1. The number of rotatable bonds is 7. The van der Waals surface area contributed by atoms with Crippen molar-refractivity contribution in [1.29, 1.82) is 0 Å². The second kappa shape index (κ2) is 7.48. The summed E-state index contributed by atoms with van der Waals surface area (Å²) in [6.07, 6.45) is 0. The predicted molar refractivity (Wildman–Crippen MR) is 79.7 cm³/mol. The third kappa shape index (κ3) is 4.67. The number of nitrogens with zero attached hydrogens (tertiary/aromatic N) is 1. The molecule has 0 fully saturated rings. The fraction of sp³-hybridized carbons (Fsp3) is 0.688. The molecular weight excluding hydrogens is 254 g/mol. The average molecular weight is 281 g/mol. The van der Waals surface area contributed by atoms with Crippen LogP contribution in [0.1, 0.15) is 57.0 Å². The van der Waals surface area contributed by atoms with Gasteiger partial charge in [0.05, 0.1) is 13.2 Å². The average Bonchev–Trinajstić information content (AvgIpc) is 2.84. The Balaban J connectivity index is 2.84. The van der Waals surface area contributed by atoms with Gasteiger partial charge < -0.3 is 9.15 Å². The van der Waals surface area contributed by atoms with Gasteiger partial charge in [-0.05, 0) is 30.9 Å². The molecule has 0 aliphatic rings. The van der Waals surface area contributed by atoms with E-state index in [0.717, 1.165) is 18.8 Å². The summed E-state index contributed by atoms with van der Waals surface area (Å²) in [6.45, 7) is 13.0. The van der Waals surface area contributed by atoms with E-state index in [4.69, 9.17) is 4.42 Å². The highest BCUT2D eigenvalue weighted by atomic mass is 16.5. The van der Waals surface area contributed by atoms with Crippen molar-refractivity contribution < 1.29 is 13.9 Å².